The van der Waals surface area contributed by atoms with Crippen molar-refractivity contribution in [1.82, 2.24) is 14.8 Å². The zero-order chi connectivity index (χ0) is 18.3. The zero-order valence-electron chi connectivity index (χ0n) is 14.9. The molecule has 3 heterocycles. The Morgan fingerprint density at radius 2 is 2.04 bits per heavy atom. The second-order valence-corrected chi connectivity index (χ2v) is 6.24. The number of rotatable bonds is 2. The molecule has 0 saturated carbocycles. The fourth-order valence-corrected chi connectivity index (χ4v) is 3.29. The Balaban J connectivity index is 1.86. The minimum absolute atomic E-state index is 0.411. The second kappa shape index (κ2) is 6.36. The van der Waals surface area contributed by atoms with Crippen molar-refractivity contribution >= 4 is 11.9 Å². The van der Waals surface area contributed by atoms with Gasteiger partial charge in [0.05, 0.1) is 25.9 Å². The van der Waals surface area contributed by atoms with Crippen LogP contribution < -0.4 is 14.8 Å². The van der Waals surface area contributed by atoms with E-state index in [2.05, 4.69) is 15.4 Å². The summed E-state index contributed by atoms with van der Waals surface area (Å²) >= 11 is 0. The molecule has 1 atom stereocenters. The second-order valence-electron chi connectivity index (χ2n) is 6.24. The topological polar surface area (TPSA) is 87.5 Å². The predicted octanol–water partition coefficient (Wildman–Crippen LogP) is 2.21. The van der Waals surface area contributed by atoms with Crippen molar-refractivity contribution in [3.63, 3.8) is 0 Å². The van der Waals surface area contributed by atoms with Crippen LogP contribution in [-0.2, 0) is 9.53 Å². The SMILES string of the molecule is COC(=O)C1=C(C)Nc2nc(C)nn2C1c1ccc2c(c1)OCCCO2. The molecule has 8 nitrogen and oxygen atoms in total. The lowest BCUT2D eigenvalue weighted by molar-refractivity contribution is -0.136. The highest BCUT2D eigenvalue weighted by Gasteiger charge is 2.35. The number of benzene rings is 1. The molecule has 2 aromatic rings. The summed E-state index contributed by atoms with van der Waals surface area (Å²) in [7, 11) is 1.37. The molecule has 2 aliphatic rings. The molecule has 1 N–H and O–H groups in total. The molecule has 136 valence electrons. The van der Waals surface area contributed by atoms with Crippen LogP contribution in [-0.4, -0.2) is 41.1 Å². The summed E-state index contributed by atoms with van der Waals surface area (Å²) in [4.78, 5) is 16.9. The molecule has 0 bridgehead atoms. The number of ether oxygens (including phenoxy) is 3. The van der Waals surface area contributed by atoms with Gasteiger partial charge >= 0.3 is 5.97 Å². The Bertz CT molecular complexity index is 903. The van der Waals surface area contributed by atoms with Crippen LogP contribution in [0.5, 0.6) is 11.5 Å². The first-order valence-electron chi connectivity index (χ1n) is 8.47. The molecule has 0 amide bonds. The van der Waals surface area contributed by atoms with Gasteiger partial charge in [0.1, 0.15) is 11.9 Å². The Hall–Kier alpha value is -3.03. The first kappa shape index (κ1) is 16.4. The van der Waals surface area contributed by atoms with E-state index < -0.39 is 12.0 Å². The van der Waals surface area contributed by atoms with E-state index >= 15 is 0 Å². The number of esters is 1. The Labute approximate surface area is 150 Å². The number of nitrogens with zero attached hydrogens (tertiary/aromatic N) is 3. The molecule has 0 aliphatic carbocycles. The van der Waals surface area contributed by atoms with E-state index in [1.54, 1.807) is 4.68 Å². The molecule has 0 spiro atoms. The van der Waals surface area contributed by atoms with Crippen LogP contribution in [0.3, 0.4) is 0 Å². The van der Waals surface area contributed by atoms with Gasteiger partial charge in [-0.15, -0.1) is 0 Å². The standard InChI is InChI=1S/C18H20N4O4/c1-10-15(17(23)24-3)16(22-18(19-10)20-11(2)21-22)12-5-6-13-14(9-12)26-8-4-7-25-13/h5-6,9,16H,4,7-8H2,1-3H3,(H,19,20,21). The lowest BCUT2D eigenvalue weighted by Gasteiger charge is -2.28. The fourth-order valence-electron chi connectivity index (χ4n) is 3.29. The largest absolute Gasteiger partial charge is 0.490 e. The Morgan fingerprint density at radius 1 is 1.27 bits per heavy atom. The van der Waals surface area contributed by atoms with Crippen LogP contribution in [0.2, 0.25) is 0 Å². The zero-order valence-corrected chi connectivity index (χ0v) is 14.9. The van der Waals surface area contributed by atoms with Crippen LogP contribution in [0.15, 0.2) is 29.5 Å². The molecule has 26 heavy (non-hydrogen) atoms. The number of nitrogens with one attached hydrogen (secondary N) is 1. The van der Waals surface area contributed by atoms with E-state index in [-0.39, 0.29) is 0 Å². The summed E-state index contributed by atoms with van der Waals surface area (Å²) in [6.07, 6.45) is 0.830. The molecule has 1 unspecified atom stereocenters. The molecule has 1 aromatic carbocycles. The summed E-state index contributed by atoms with van der Waals surface area (Å²) < 4.78 is 18.2. The van der Waals surface area contributed by atoms with Crippen molar-refractivity contribution < 1.29 is 19.0 Å². The minimum atomic E-state index is -0.461. The third-order valence-corrected chi connectivity index (χ3v) is 4.45. The van der Waals surface area contributed by atoms with Gasteiger partial charge in [-0.3, -0.25) is 0 Å². The maximum Gasteiger partial charge on any atom is 0.338 e. The number of carbonyl (C=O) groups excluding carboxylic acids is 1. The molecule has 0 fully saturated rings. The number of carbonyl (C=O) groups is 1. The highest BCUT2D eigenvalue weighted by atomic mass is 16.5. The minimum Gasteiger partial charge on any atom is -0.490 e. The third-order valence-electron chi connectivity index (χ3n) is 4.45. The van der Waals surface area contributed by atoms with Crippen molar-refractivity contribution in [3.05, 3.63) is 40.9 Å². The maximum atomic E-state index is 12.5. The van der Waals surface area contributed by atoms with Crippen LogP contribution in [0.25, 0.3) is 0 Å². The molecule has 0 saturated heterocycles. The number of anilines is 1. The normalized spacial score (nSPS) is 18.7. The van der Waals surface area contributed by atoms with Crippen molar-refractivity contribution in [1.29, 1.82) is 0 Å². The van der Waals surface area contributed by atoms with Gasteiger partial charge in [-0.05, 0) is 31.5 Å². The van der Waals surface area contributed by atoms with Gasteiger partial charge in [0.25, 0.3) is 0 Å². The average molecular weight is 356 g/mol. The smallest absolute Gasteiger partial charge is 0.338 e. The van der Waals surface area contributed by atoms with Gasteiger partial charge in [0.2, 0.25) is 5.95 Å². The lowest BCUT2D eigenvalue weighted by Crippen LogP contribution is -2.29. The van der Waals surface area contributed by atoms with Crippen molar-refractivity contribution in [2.75, 3.05) is 25.6 Å². The molecular formula is C18H20N4O4. The summed E-state index contributed by atoms with van der Waals surface area (Å²) in [5, 5.41) is 7.60. The van der Waals surface area contributed by atoms with E-state index in [9.17, 15) is 4.79 Å². The number of methoxy groups -OCH3 is 1. The number of hydrogen-bond acceptors (Lipinski definition) is 7. The molecule has 4 rings (SSSR count). The quantitative estimate of drug-likeness (QED) is 0.826. The Kier molecular flexibility index (Phi) is 4.02. The third kappa shape index (κ3) is 2.67. The van der Waals surface area contributed by atoms with Gasteiger partial charge in [-0.2, -0.15) is 10.1 Å². The van der Waals surface area contributed by atoms with Gasteiger partial charge in [-0.25, -0.2) is 9.48 Å². The molecule has 8 heteroatoms. The number of hydrogen-bond donors (Lipinski definition) is 1. The van der Waals surface area contributed by atoms with Crippen LogP contribution in [0.1, 0.15) is 30.8 Å². The van der Waals surface area contributed by atoms with Crippen LogP contribution in [0.4, 0.5) is 5.95 Å². The lowest BCUT2D eigenvalue weighted by atomic mass is 9.95. The molecule has 0 radical (unpaired) electrons. The van der Waals surface area contributed by atoms with E-state index in [0.717, 1.165) is 12.0 Å². The first-order valence-corrected chi connectivity index (χ1v) is 8.47. The van der Waals surface area contributed by atoms with Crippen molar-refractivity contribution in [2.45, 2.75) is 26.3 Å². The van der Waals surface area contributed by atoms with Gasteiger partial charge in [0, 0.05) is 12.1 Å². The van der Waals surface area contributed by atoms with Crippen LogP contribution in [0, 0.1) is 6.92 Å². The van der Waals surface area contributed by atoms with E-state index in [4.69, 9.17) is 14.2 Å². The summed E-state index contributed by atoms with van der Waals surface area (Å²) in [6, 6.07) is 5.22. The summed E-state index contributed by atoms with van der Waals surface area (Å²) in [5.41, 5.74) is 2.02. The summed E-state index contributed by atoms with van der Waals surface area (Å²) in [6.45, 7) is 4.86. The Morgan fingerprint density at radius 3 is 2.81 bits per heavy atom. The first-order chi connectivity index (χ1) is 12.6. The molecular weight excluding hydrogens is 336 g/mol. The van der Waals surface area contributed by atoms with Crippen LogP contribution >= 0.6 is 0 Å². The molecule has 1 aromatic heterocycles. The fraction of sp³-hybridized carbons (Fsp3) is 0.389. The maximum absolute atomic E-state index is 12.5. The average Bonchev–Trinajstić information content (AvgIpc) is 2.85. The van der Waals surface area contributed by atoms with E-state index in [0.29, 0.717) is 47.8 Å². The van der Waals surface area contributed by atoms with Gasteiger partial charge in [-0.1, -0.05) is 6.07 Å². The van der Waals surface area contributed by atoms with Gasteiger partial charge in [0.15, 0.2) is 11.5 Å². The number of fused-ring (bicyclic) bond motifs is 2. The number of aromatic nitrogens is 3. The van der Waals surface area contributed by atoms with Crippen molar-refractivity contribution in [2.24, 2.45) is 0 Å². The monoisotopic (exact) mass is 356 g/mol. The van der Waals surface area contributed by atoms with Gasteiger partial charge < -0.3 is 19.5 Å². The number of allylic oxidation sites excluding steroid dienone is 1. The highest BCUT2D eigenvalue weighted by molar-refractivity contribution is 5.92. The number of aryl methyl sites for hydroxylation is 1. The summed E-state index contributed by atoms with van der Waals surface area (Å²) in [5.74, 6) is 2.16. The molecule has 2 aliphatic heterocycles. The predicted molar refractivity (Wildman–Crippen MR) is 93.3 cm³/mol. The van der Waals surface area contributed by atoms with E-state index in [1.807, 2.05) is 32.0 Å². The van der Waals surface area contributed by atoms with E-state index in [1.165, 1.54) is 7.11 Å². The van der Waals surface area contributed by atoms with Crippen molar-refractivity contribution in [3.8, 4) is 11.5 Å². The highest BCUT2D eigenvalue weighted by Crippen LogP contribution is 2.39.